The molecule has 1 heterocycles. The highest BCUT2D eigenvalue weighted by molar-refractivity contribution is 6.11. The van der Waals surface area contributed by atoms with Crippen LogP contribution in [0, 0.1) is 23.0 Å². The molecule has 1 fully saturated rings. The standard InChI is InChI=1S/C19H13F2N3O3/c1-19(13-5-2-11(9-22)3-6-13)17(26)24(18(27)23-19)10-16(25)12-4-7-14(20)15(21)8-12/h2-8H,10H2,1H3,(H,23,27)/t19-/m1/s1. The van der Waals surface area contributed by atoms with Gasteiger partial charge in [0.15, 0.2) is 17.4 Å². The summed E-state index contributed by atoms with van der Waals surface area (Å²) in [4.78, 5) is 38.0. The highest BCUT2D eigenvalue weighted by atomic mass is 19.2. The summed E-state index contributed by atoms with van der Waals surface area (Å²) < 4.78 is 26.3. The molecule has 1 N–H and O–H groups in total. The Morgan fingerprint density at radius 2 is 1.81 bits per heavy atom. The van der Waals surface area contributed by atoms with Crippen LogP contribution in [0.5, 0.6) is 0 Å². The molecule has 1 saturated heterocycles. The van der Waals surface area contributed by atoms with Crippen molar-refractivity contribution in [3.05, 3.63) is 70.8 Å². The lowest BCUT2D eigenvalue weighted by atomic mass is 9.91. The smallest absolute Gasteiger partial charge is 0.319 e. The molecule has 1 aliphatic heterocycles. The fraction of sp³-hybridized carbons (Fsp3) is 0.158. The monoisotopic (exact) mass is 369 g/mol. The number of hydrogen-bond donors (Lipinski definition) is 1. The molecule has 0 aliphatic carbocycles. The minimum atomic E-state index is -1.40. The normalized spacial score (nSPS) is 19.0. The number of nitriles is 1. The number of amides is 3. The summed E-state index contributed by atoms with van der Waals surface area (Å²) in [5.41, 5.74) is -0.715. The summed E-state index contributed by atoms with van der Waals surface area (Å²) in [5, 5.41) is 11.4. The number of nitrogens with one attached hydrogen (secondary N) is 1. The molecule has 0 spiro atoms. The highest BCUT2D eigenvalue weighted by Crippen LogP contribution is 2.29. The lowest BCUT2D eigenvalue weighted by Crippen LogP contribution is -2.41. The topological polar surface area (TPSA) is 90.3 Å². The minimum absolute atomic E-state index is 0.151. The van der Waals surface area contributed by atoms with Crippen LogP contribution in [-0.2, 0) is 10.3 Å². The molecule has 6 nitrogen and oxygen atoms in total. The highest BCUT2D eigenvalue weighted by Gasteiger charge is 2.49. The van der Waals surface area contributed by atoms with E-state index in [2.05, 4.69) is 5.32 Å². The zero-order valence-electron chi connectivity index (χ0n) is 14.1. The van der Waals surface area contributed by atoms with E-state index in [9.17, 15) is 23.2 Å². The van der Waals surface area contributed by atoms with Crippen LogP contribution in [0.4, 0.5) is 13.6 Å². The van der Waals surface area contributed by atoms with Crippen LogP contribution in [0.1, 0.15) is 28.4 Å². The number of halogens is 2. The van der Waals surface area contributed by atoms with Crippen LogP contribution in [0.15, 0.2) is 42.5 Å². The van der Waals surface area contributed by atoms with Gasteiger partial charge >= 0.3 is 6.03 Å². The minimum Gasteiger partial charge on any atom is -0.319 e. The summed E-state index contributed by atoms with van der Waals surface area (Å²) in [5.74, 6) is -3.66. The van der Waals surface area contributed by atoms with Gasteiger partial charge in [-0.15, -0.1) is 0 Å². The molecule has 0 unspecified atom stereocenters. The molecule has 1 atom stereocenters. The third-order valence-corrected chi connectivity index (χ3v) is 4.41. The van der Waals surface area contributed by atoms with E-state index in [1.54, 1.807) is 0 Å². The Labute approximate surface area is 153 Å². The lowest BCUT2D eigenvalue weighted by Gasteiger charge is -2.22. The second-order valence-corrected chi connectivity index (χ2v) is 6.19. The average Bonchev–Trinajstić information content (AvgIpc) is 2.88. The van der Waals surface area contributed by atoms with Gasteiger partial charge in [-0.2, -0.15) is 5.26 Å². The molecule has 2 aromatic rings. The van der Waals surface area contributed by atoms with Gasteiger partial charge in [0.2, 0.25) is 0 Å². The van der Waals surface area contributed by atoms with Crippen LogP contribution in [0.2, 0.25) is 0 Å². The first-order valence-electron chi connectivity index (χ1n) is 7.89. The van der Waals surface area contributed by atoms with Crippen molar-refractivity contribution in [2.24, 2.45) is 0 Å². The van der Waals surface area contributed by atoms with Crippen LogP contribution >= 0.6 is 0 Å². The van der Waals surface area contributed by atoms with Crippen molar-refractivity contribution in [1.82, 2.24) is 10.2 Å². The zero-order valence-corrected chi connectivity index (χ0v) is 14.1. The predicted octanol–water partition coefficient (Wildman–Crippen LogP) is 2.49. The predicted molar refractivity (Wildman–Crippen MR) is 89.4 cm³/mol. The third-order valence-electron chi connectivity index (χ3n) is 4.41. The van der Waals surface area contributed by atoms with Gasteiger partial charge in [0.1, 0.15) is 5.54 Å². The number of carbonyl (C=O) groups is 3. The Morgan fingerprint density at radius 3 is 2.41 bits per heavy atom. The number of rotatable bonds is 4. The molecular formula is C19H13F2N3O3. The van der Waals surface area contributed by atoms with Crippen molar-refractivity contribution in [3.8, 4) is 6.07 Å². The average molecular weight is 369 g/mol. The first-order chi connectivity index (χ1) is 12.8. The molecule has 8 heteroatoms. The van der Waals surface area contributed by atoms with E-state index in [4.69, 9.17) is 5.26 Å². The summed E-state index contributed by atoms with van der Waals surface area (Å²) in [7, 11) is 0. The maximum absolute atomic E-state index is 13.3. The Hall–Kier alpha value is -3.60. The molecule has 0 aromatic heterocycles. The molecule has 0 saturated carbocycles. The fourth-order valence-corrected chi connectivity index (χ4v) is 2.82. The first kappa shape index (κ1) is 18.2. The molecule has 27 heavy (non-hydrogen) atoms. The number of imide groups is 1. The Bertz CT molecular complexity index is 998. The fourth-order valence-electron chi connectivity index (χ4n) is 2.82. The van der Waals surface area contributed by atoms with E-state index in [0.29, 0.717) is 11.1 Å². The van der Waals surface area contributed by atoms with Crippen molar-refractivity contribution >= 4 is 17.7 Å². The van der Waals surface area contributed by atoms with Crippen molar-refractivity contribution < 1.29 is 23.2 Å². The number of nitrogens with zero attached hydrogens (tertiary/aromatic N) is 2. The van der Waals surface area contributed by atoms with Gasteiger partial charge in [0.25, 0.3) is 5.91 Å². The second kappa shape index (κ2) is 6.61. The van der Waals surface area contributed by atoms with Crippen molar-refractivity contribution in [1.29, 1.82) is 5.26 Å². The second-order valence-electron chi connectivity index (χ2n) is 6.19. The zero-order chi connectivity index (χ0) is 19.8. The summed E-state index contributed by atoms with van der Waals surface area (Å²) in [6, 6.07) is 9.88. The summed E-state index contributed by atoms with van der Waals surface area (Å²) in [6.45, 7) is 0.873. The Morgan fingerprint density at radius 1 is 1.15 bits per heavy atom. The van der Waals surface area contributed by atoms with Gasteiger partial charge in [-0.25, -0.2) is 13.6 Å². The number of Topliss-reactive ketones (excluding diaryl/α,β-unsaturated/α-hetero) is 1. The van der Waals surface area contributed by atoms with Gasteiger partial charge in [-0.3, -0.25) is 14.5 Å². The third kappa shape index (κ3) is 3.15. The molecule has 136 valence electrons. The lowest BCUT2D eigenvalue weighted by molar-refractivity contribution is -0.130. The van der Waals surface area contributed by atoms with Crippen LogP contribution in [-0.4, -0.2) is 29.2 Å². The van der Waals surface area contributed by atoms with Crippen LogP contribution < -0.4 is 5.32 Å². The molecule has 0 bridgehead atoms. The molecule has 0 radical (unpaired) electrons. The molecule has 3 rings (SSSR count). The number of hydrogen-bond acceptors (Lipinski definition) is 4. The molecule has 3 amide bonds. The van der Waals surface area contributed by atoms with Gasteiger partial charge in [0, 0.05) is 5.56 Å². The van der Waals surface area contributed by atoms with Crippen molar-refractivity contribution in [2.75, 3.05) is 6.54 Å². The maximum Gasteiger partial charge on any atom is 0.325 e. The number of benzene rings is 2. The van der Waals surface area contributed by atoms with Gasteiger partial charge in [-0.05, 0) is 42.8 Å². The number of ketones is 1. The van der Waals surface area contributed by atoms with E-state index < -0.39 is 41.4 Å². The largest absolute Gasteiger partial charge is 0.325 e. The number of carbonyl (C=O) groups excluding carboxylic acids is 3. The van der Waals surface area contributed by atoms with E-state index in [-0.39, 0.29) is 5.56 Å². The van der Waals surface area contributed by atoms with Gasteiger partial charge in [0.05, 0.1) is 18.2 Å². The van der Waals surface area contributed by atoms with Crippen molar-refractivity contribution in [2.45, 2.75) is 12.5 Å². The van der Waals surface area contributed by atoms with E-state index in [1.165, 1.54) is 31.2 Å². The SMILES string of the molecule is C[C@]1(c2ccc(C#N)cc2)NC(=O)N(CC(=O)c2ccc(F)c(F)c2)C1=O. The molecular weight excluding hydrogens is 356 g/mol. The first-order valence-corrected chi connectivity index (χ1v) is 7.89. The quantitative estimate of drug-likeness (QED) is 0.662. The van der Waals surface area contributed by atoms with Crippen LogP contribution in [0.3, 0.4) is 0 Å². The van der Waals surface area contributed by atoms with E-state index in [1.807, 2.05) is 6.07 Å². The van der Waals surface area contributed by atoms with Gasteiger partial charge in [-0.1, -0.05) is 12.1 Å². The Kier molecular flexibility index (Phi) is 4.45. The molecule has 1 aliphatic rings. The number of urea groups is 1. The van der Waals surface area contributed by atoms with Gasteiger partial charge < -0.3 is 5.32 Å². The van der Waals surface area contributed by atoms with E-state index >= 15 is 0 Å². The summed E-state index contributed by atoms with van der Waals surface area (Å²) in [6.07, 6.45) is 0. The van der Waals surface area contributed by atoms with Crippen LogP contribution in [0.25, 0.3) is 0 Å². The summed E-state index contributed by atoms with van der Waals surface area (Å²) >= 11 is 0. The van der Waals surface area contributed by atoms with Crippen molar-refractivity contribution in [3.63, 3.8) is 0 Å². The molecule has 2 aromatic carbocycles. The van der Waals surface area contributed by atoms with E-state index in [0.717, 1.165) is 23.1 Å². The Balaban J connectivity index is 1.84. The maximum atomic E-state index is 13.3.